The molecule has 0 spiro atoms. The molecular weight excluding hydrogens is 246 g/mol. The molecule has 0 radical (unpaired) electrons. The van der Waals surface area contributed by atoms with Gasteiger partial charge in [0.25, 0.3) is 0 Å². The van der Waals surface area contributed by atoms with Crippen molar-refractivity contribution in [3.8, 4) is 5.75 Å². The molecule has 0 unspecified atom stereocenters. The van der Waals surface area contributed by atoms with E-state index in [-0.39, 0.29) is 0 Å². The quantitative estimate of drug-likeness (QED) is 0.752. The van der Waals surface area contributed by atoms with Crippen LogP contribution < -0.4 is 4.74 Å². The summed E-state index contributed by atoms with van der Waals surface area (Å²) in [5.74, 6) is 0.749. The highest BCUT2D eigenvalue weighted by Gasteiger charge is 2.14. The van der Waals surface area contributed by atoms with Gasteiger partial charge in [0.2, 0.25) is 0 Å². The SMILES string of the molecule is Cc1cccc(C2=Nc3ccc(Cl)cc3OC2)c1. The number of rotatable bonds is 1. The molecule has 0 saturated heterocycles. The summed E-state index contributed by atoms with van der Waals surface area (Å²) in [7, 11) is 0. The second-order valence-electron chi connectivity index (χ2n) is 4.33. The predicted molar refractivity (Wildman–Crippen MR) is 74.3 cm³/mol. The molecular formula is C15H12ClNO. The van der Waals surface area contributed by atoms with E-state index in [1.807, 2.05) is 18.2 Å². The molecule has 0 atom stereocenters. The Morgan fingerprint density at radius 2 is 2.06 bits per heavy atom. The molecule has 3 heteroatoms. The summed E-state index contributed by atoms with van der Waals surface area (Å²) in [6.45, 7) is 2.55. The number of aryl methyl sites for hydroxylation is 1. The summed E-state index contributed by atoms with van der Waals surface area (Å²) < 4.78 is 5.70. The summed E-state index contributed by atoms with van der Waals surface area (Å²) in [6.07, 6.45) is 0. The van der Waals surface area contributed by atoms with Gasteiger partial charge in [0.1, 0.15) is 18.0 Å². The normalized spacial score (nSPS) is 13.6. The van der Waals surface area contributed by atoms with Crippen molar-refractivity contribution in [1.82, 2.24) is 0 Å². The van der Waals surface area contributed by atoms with E-state index in [0.29, 0.717) is 11.6 Å². The second kappa shape index (κ2) is 4.46. The maximum Gasteiger partial charge on any atom is 0.146 e. The maximum atomic E-state index is 5.92. The lowest BCUT2D eigenvalue weighted by Gasteiger charge is -2.17. The number of fused-ring (bicyclic) bond motifs is 1. The fourth-order valence-electron chi connectivity index (χ4n) is 1.99. The van der Waals surface area contributed by atoms with Crippen LogP contribution in [0, 0.1) is 6.92 Å². The van der Waals surface area contributed by atoms with E-state index in [2.05, 4.69) is 30.1 Å². The monoisotopic (exact) mass is 257 g/mol. The van der Waals surface area contributed by atoms with E-state index in [9.17, 15) is 0 Å². The molecule has 1 aliphatic heterocycles. The topological polar surface area (TPSA) is 21.6 Å². The molecule has 90 valence electrons. The van der Waals surface area contributed by atoms with Gasteiger partial charge in [-0.15, -0.1) is 0 Å². The zero-order valence-corrected chi connectivity index (χ0v) is 10.7. The third kappa shape index (κ3) is 2.12. The summed E-state index contributed by atoms with van der Waals surface area (Å²) >= 11 is 5.92. The molecule has 2 aromatic carbocycles. The highest BCUT2D eigenvalue weighted by Crippen LogP contribution is 2.33. The lowest BCUT2D eigenvalue weighted by molar-refractivity contribution is 0.373. The van der Waals surface area contributed by atoms with Gasteiger partial charge >= 0.3 is 0 Å². The molecule has 0 aliphatic carbocycles. The van der Waals surface area contributed by atoms with E-state index in [4.69, 9.17) is 16.3 Å². The fourth-order valence-corrected chi connectivity index (χ4v) is 2.15. The molecule has 0 bridgehead atoms. The number of aliphatic imine (C=N–C) groups is 1. The van der Waals surface area contributed by atoms with Gasteiger partial charge in [0.15, 0.2) is 0 Å². The molecule has 0 aromatic heterocycles. The molecule has 0 N–H and O–H groups in total. The molecule has 2 aromatic rings. The minimum atomic E-state index is 0.483. The van der Waals surface area contributed by atoms with Crippen molar-refractivity contribution < 1.29 is 4.74 Å². The van der Waals surface area contributed by atoms with Crippen LogP contribution in [0.15, 0.2) is 47.5 Å². The van der Waals surface area contributed by atoms with Gasteiger partial charge in [-0.25, -0.2) is 4.99 Å². The third-order valence-corrected chi connectivity index (χ3v) is 3.13. The van der Waals surface area contributed by atoms with Crippen molar-refractivity contribution in [3.63, 3.8) is 0 Å². The summed E-state index contributed by atoms with van der Waals surface area (Å²) in [6, 6.07) is 13.8. The molecule has 3 rings (SSSR count). The smallest absolute Gasteiger partial charge is 0.146 e. The van der Waals surface area contributed by atoms with Crippen LogP contribution in [0.25, 0.3) is 0 Å². The number of nitrogens with zero attached hydrogens (tertiary/aromatic N) is 1. The van der Waals surface area contributed by atoms with Crippen molar-refractivity contribution in [2.24, 2.45) is 4.99 Å². The van der Waals surface area contributed by atoms with Crippen LogP contribution in [-0.4, -0.2) is 12.3 Å². The van der Waals surface area contributed by atoms with Crippen molar-refractivity contribution in [1.29, 1.82) is 0 Å². The first-order chi connectivity index (χ1) is 8.72. The molecule has 0 fully saturated rings. The van der Waals surface area contributed by atoms with Crippen molar-refractivity contribution in [2.75, 3.05) is 6.61 Å². The first-order valence-electron chi connectivity index (χ1n) is 5.79. The first kappa shape index (κ1) is 11.3. The van der Waals surface area contributed by atoms with Crippen LogP contribution in [0.4, 0.5) is 5.69 Å². The van der Waals surface area contributed by atoms with Gasteiger partial charge in [-0.2, -0.15) is 0 Å². The predicted octanol–water partition coefficient (Wildman–Crippen LogP) is 4.16. The molecule has 1 heterocycles. The molecule has 0 saturated carbocycles. The van der Waals surface area contributed by atoms with Gasteiger partial charge < -0.3 is 4.74 Å². The minimum absolute atomic E-state index is 0.483. The zero-order chi connectivity index (χ0) is 12.5. The van der Waals surface area contributed by atoms with Gasteiger partial charge in [0, 0.05) is 11.1 Å². The van der Waals surface area contributed by atoms with Gasteiger partial charge in [-0.3, -0.25) is 0 Å². The lowest BCUT2D eigenvalue weighted by atomic mass is 10.1. The largest absolute Gasteiger partial charge is 0.485 e. The van der Waals surface area contributed by atoms with Gasteiger partial charge in [0.05, 0.1) is 5.71 Å². The number of hydrogen-bond acceptors (Lipinski definition) is 2. The van der Waals surface area contributed by atoms with E-state index in [1.54, 1.807) is 6.07 Å². The van der Waals surface area contributed by atoms with E-state index >= 15 is 0 Å². The number of hydrogen-bond donors (Lipinski definition) is 0. The number of halogens is 1. The summed E-state index contributed by atoms with van der Waals surface area (Å²) in [5, 5.41) is 0.669. The fraction of sp³-hybridized carbons (Fsp3) is 0.133. The standard InChI is InChI=1S/C15H12ClNO/c1-10-3-2-4-11(7-10)14-9-18-15-8-12(16)5-6-13(15)17-14/h2-8H,9H2,1H3. The average molecular weight is 258 g/mol. The van der Waals surface area contributed by atoms with Gasteiger partial charge in [-0.05, 0) is 24.6 Å². The highest BCUT2D eigenvalue weighted by molar-refractivity contribution is 6.30. The Morgan fingerprint density at radius 1 is 1.17 bits per heavy atom. The first-order valence-corrected chi connectivity index (χ1v) is 6.17. The van der Waals surface area contributed by atoms with Crippen LogP contribution in [0.3, 0.4) is 0 Å². The van der Waals surface area contributed by atoms with Gasteiger partial charge in [-0.1, -0.05) is 41.4 Å². The van der Waals surface area contributed by atoms with Crippen molar-refractivity contribution >= 4 is 23.0 Å². The molecule has 2 nitrogen and oxygen atoms in total. The van der Waals surface area contributed by atoms with Crippen LogP contribution in [0.1, 0.15) is 11.1 Å². The minimum Gasteiger partial charge on any atom is -0.485 e. The van der Waals surface area contributed by atoms with E-state index in [0.717, 1.165) is 22.7 Å². The third-order valence-electron chi connectivity index (χ3n) is 2.89. The zero-order valence-electron chi connectivity index (χ0n) is 9.98. The van der Waals surface area contributed by atoms with E-state index in [1.165, 1.54) is 5.56 Å². The molecule has 18 heavy (non-hydrogen) atoms. The maximum absolute atomic E-state index is 5.92. The van der Waals surface area contributed by atoms with Crippen LogP contribution in [0.2, 0.25) is 5.02 Å². The molecule has 0 amide bonds. The Bertz CT molecular complexity index is 634. The van der Waals surface area contributed by atoms with Crippen LogP contribution >= 0.6 is 11.6 Å². The van der Waals surface area contributed by atoms with Crippen molar-refractivity contribution in [2.45, 2.75) is 6.92 Å². The lowest BCUT2D eigenvalue weighted by Crippen LogP contribution is -2.16. The Morgan fingerprint density at radius 3 is 2.89 bits per heavy atom. The highest BCUT2D eigenvalue weighted by atomic mass is 35.5. The average Bonchev–Trinajstić information content (AvgIpc) is 2.38. The Balaban J connectivity index is 2.03. The second-order valence-corrected chi connectivity index (χ2v) is 4.77. The Labute approximate surface area is 111 Å². The van der Waals surface area contributed by atoms with Crippen LogP contribution in [-0.2, 0) is 0 Å². The summed E-state index contributed by atoms with van der Waals surface area (Å²) in [5.41, 5.74) is 4.11. The Hall–Kier alpha value is -1.80. The Kier molecular flexibility index (Phi) is 2.80. The molecule has 1 aliphatic rings. The number of benzene rings is 2. The van der Waals surface area contributed by atoms with E-state index < -0.39 is 0 Å². The van der Waals surface area contributed by atoms with Crippen molar-refractivity contribution in [3.05, 3.63) is 58.6 Å². The van der Waals surface area contributed by atoms with Crippen LogP contribution in [0.5, 0.6) is 5.75 Å². The summed E-state index contributed by atoms with van der Waals surface area (Å²) in [4.78, 5) is 4.63. The number of ether oxygens (including phenoxy) is 1.